The van der Waals surface area contributed by atoms with Crippen LogP contribution < -0.4 is 5.32 Å². The molecule has 0 aliphatic rings. The Morgan fingerprint density at radius 2 is 1.95 bits per heavy atom. The van der Waals surface area contributed by atoms with Crippen molar-refractivity contribution in [1.29, 1.82) is 0 Å². The number of rotatable bonds is 12. The van der Waals surface area contributed by atoms with Crippen molar-refractivity contribution in [2.45, 2.75) is 52.1 Å². The van der Waals surface area contributed by atoms with Crippen molar-refractivity contribution in [2.75, 3.05) is 12.4 Å². The number of hydrogen-bond acceptors (Lipinski definition) is 5. The average Bonchev–Trinajstić information content (AvgIpc) is 3.34. The van der Waals surface area contributed by atoms with Crippen molar-refractivity contribution in [3.63, 3.8) is 0 Å². The van der Waals surface area contributed by atoms with Gasteiger partial charge in [-0.2, -0.15) is 0 Å². The van der Waals surface area contributed by atoms with E-state index in [0.717, 1.165) is 25.7 Å². The zero-order valence-corrected chi connectivity index (χ0v) is 23.6. The van der Waals surface area contributed by atoms with Crippen molar-refractivity contribution < 1.29 is 23.8 Å². The van der Waals surface area contributed by atoms with Crippen LogP contribution in [-0.4, -0.2) is 35.2 Å². The molecule has 6 nitrogen and oxygen atoms in total. The van der Waals surface area contributed by atoms with Gasteiger partial charge in [-0.25, -0.2) is 14.2 Å². The number of nitrogens with zero attached hydrogens (tertiary/aromatic N) is 1. The number of amides is 1. The molecule has 2 aromatic carbocycles. The maximum atomic E-state index is 15.3. The molecule has 10 heteroatoms. The molecule has 0 spiro atoms. The molecule has 1 unspecified atom stereocenters. The first-order valence-electron chi connectivity index (χ1n) is 12.1. The molecule has 38 heavy (non-hydrogen) atoms. The molecular formula is C28H29Cl2FN2O4S. The van der Waals surface area contributed by atoms with Crippen LogP contribution >= 0.6 is 34.5 Å². The lowest BCUT2D eigenvalue weighted by molar-refractivity contribution is -0.132. The quantitative estimate of drug-likeness (QED) is 0.212. The van der Waals surface area contributed by atoms with Crippen LogP contribution in [0.15, 0.2) is 41.3 Å². The van der Waals surface area contributed by atoms with Gasteiger partial charge in [0.25, 0.3) is 5.91 Å². The van der Waals surface area contributed by atoms with Crippen molar-refractivity contribution in [3.8, 4) is 11.3 Å². The average molecular weight is 580 g/mol. The van der Waals surface area contributed by atoms with Gasteiger partial charge >= 0.3 is 5.97 Å². The van der Waals surface area contributed by atoms with Gasteiger partial charge in [-0.3, -0.25) is 10.1 Å². The van der Waals surface area contributed by atoms with Crippen LogP contribution in [0.5, 0.6) is 0 Å². The molecule has 1 aromatic heterocycles. The Kier molecular flexibility index (Phi) is 10.8. The van der Waals surface area contributed by atoms with Crippen molar-refractivity contribution in [2.24, 2.45) is 0 Å². The zero-order chi connectivity index (χ0) is 27.8. The van der Waals surface area contributed by atoms with Gasteiger partial charge in [0.2, 0.25) is 0 Å². The van der Waals surface area contributed by atoms with Crippen LogP contribution in [-0.2, 0) is 16.0 Å². The van der Waals surface area contributed by atoms with Crippen molar-refractivity contribution >= 4 is 57.6 Å². The van der Waals surface area contributed by atoms with E-state index in [0.29, 0.717) is 28.8 Å². The van der Waals surface area contributed by atoms with E-state index < -0.39 is 11.9 Å². The maximum Gasteiger partial charge on any atom is 0.331 e. The summed E-state index contributed by atoms with van der Waals surface area (Å²) in [5.74, 6) is -1.95. The third-order valence-corrected chi connectivity index (χ3v) is 7.45. The van der Waals surface area contributed by atoms with Crippen molar-refractivity contribution in [1.82, 2.24) is 4.98 Å². The third-order valence-electron chi connectivity index (χ3n) is 6.07. The molecule has 202 valence electrons. The first-order chi connectivity index (χ1) is 18.1. The lowest BCUT2D eigenvalue weighted by Crippen LogP contribution is -2.12. The normalized spacial score (nSPS) is 12.4. The lowest BCUT2D eigenvalue weighted by atomic mass is 10.00. The summed E-state index contributed by atoms with van der Waals surface area (Å²) < 4.78 is 20.9. The Morgan fingerprint density at radius 1 is 1.24 bits per heavy atom. The van der Waals surface area contributed by atoms with Crippen LogP contribution in [0.4, 0.5) is 9.52 Å². The Balaban J connectivity index is 1.74. The van der Waals surface area contributed by atoms with Gasteiger partial charge in [-0.1, -0.05) is 55.1 Å². The standard InChI is InChI=1S/C28H29Cl2FN2O4S/c1-4-5-8-19(37-3)11-10-17-7-6-9-20(25(17)31)24-15-38-28(32-24)33-26(34)18-13-22(29)21(23(30)14-18)12-16(2)27(35)36/h6-7,9,12-15,19H,4-5,8,10-11H2,1-3H3,(H,35,36)(H,32,33,34). The fourth-order valence-corrected chi connectivity index (χ4v) is 5.16. The molecule has 3 aromatic rings. The number of carboxylic acids is 1. The molecule has 2 N–H and O–H groups in total. The lowest BCUT2D eigenvalue weighted by Gasteiger charge is -2.15. The largest absolute Gasteiger partial charge is 0.478 e. The van der Waals surface area contributed by atoms with Crippen molar-refractivity contribution in [3.05, 3.63) is 73.8 Å². The molecule has 0 saturated carbocycles. The van der Waals surface area contributed by atoms with Gasteiger partial charge in [0, 0.05) is 34.8 Å². The van der Waals surface area contributed by atoms with Crippen LogP contribution in [0.1, 0.15) is 61.0 Å². The molecule has 3 rings (SSSR count). The third kappa shape index (κ3) is 7.63. The van der Waals surface area contributed by atoms with E-state index in [4.69, 9.17) is 33.0 Å². The molecule has 0 radical (unpaired) electrons. The fraction of sp³-hybridized carbons (Fsp3) is 0.321. The first-order valence-corrected chi connectivity index (χ1v) is 13.8. The molecule has 0 bridgehead atoms. The second kappa shape index (κ2) is 13.8. The topological polar surface area (TPSA) is 88.5 Å². The van der Waals surface area contributed by atoms with Crippen LogP contribution in [0, 0.1) is 5.82 Å². The molecule has 1 heterocycles. The monoisotopic (exact) mass is 578 g/mol. The predicted octanol–water partition coefficient (Wildman–Crippen LogP) is 8.13. The number of unbranched alkanes of at least 4 members (excludes halogenated alkanes) is 1. The highest BCUT2D eigenvalue weighted by atomic mass is 35.5. The number of thiazole rings is 1. The number of nitrogens with one attached hydrogen (secondary N) is 1. The Labute approximate surface area is 235 Å². The number of benzene rings is 2. The van der Waals surface area contributed by atoms with E-state index in [1.807, 2.05) is 0 Å². The van der Waals surface area contributed by atoms with Gasteiger partial charge in [0.15, 0.2) is 5.13 Å². The highest BCUT2D eigenvalue weighted by molar-refractivity contribution is 7.14. The summed E-state index contributed by atoms with van der Waals surface area (Å²) in [5, 5.41) is 14.0. The number of carbonyl (C=O) groups excluding carboxylic acids is 1. The summed E-state index contributed by atoms with van der Waals surface area (Å²) >= 11 is 13.7. The van der Waals surface area contributed by atoms with Gasteiger partial charge in [0.05, 0.1) is 21.8 Å². The predicted molar refractivity (Wildman–Crippen MR) is 152 cm³/mol. The number of halogens is 3. The van der Waals surface area contributed by atoms with E-state index in [-0.39, 0.29) is 38.2 Å². The molecule has 0 fully saturated rings. The summed E-state index contributed by atoms with van der Waals surface area (Å²) in [6, 6.07) is 8.02. The molecule has 0 saturated heterocycles. The number of carbonyl (C=O) groups is 2. The fourth-order valence-electron chi connectivity index (χ4n) is 3.85. The first kappa shape index (κ1) is 29.8. The van der Waals surface area contributed by atoms with Crippen LogP contribution in [0.2, 0.25) is 10.0 Å². The zero-order valence-electron chi connectivity index (χ0n) is 21.3. The maximum absolute atomic E-state index is 15.3. The van der Waals surface area contributed by atoms with Crippen LogP contribution in [0.3, 0.4) is 0 Å². The summed E-state index contributed by atoms with van der Waals surface area (Å²) in [4.78, 5) is 28.3. The van der Waals surface area contributed by atoms with E-state index in [9.17, 15) is 9.59 Å². The molecule has 0 aliphatic carbocycles. The minimum atomic E-state index is -1.10. The number of anilines is 1. The van der Waals surface area contributed by atoms with Gasteiger partial charge in [-0.05, 0) is 56.0 Å². The van der Waals surface area contributed by atoms with E-state index in [1.54, 1.807) is 30.7 Å². The Bertz CT molecular complexity index is 1320. The summed E-state index contributed by atoms with van der Waals surface area (Å²) in [6.45, 7) is 3.54. The number of aromatic nitrogens is 1. The van der Waals surface area contributed by atoms with E-state index in [1.165, 1.54) is 36.5 Å². The summed E-state index contributed by atoms with van der Waals surface area (Å²) in [7, 11) is 1.69. The number of aryl methyl sites for hydroxylation is 1. The Hall–Kier alpha value is -2.78. The number of aliphatic carboxylic acids is 1. The molecule has 1 amide bonds. The SMILES string of the molecule is CCCCC(CCc1cccc(-c2csc(NC(=O)c3cc(Cl)c(C=C(C)C(=O)O)c(Cl)c3)n2)c1F)OC. The van der Waals surface area contributed by atoms with Crippen LogP contribution in [0.25, 0.3) is 17.3 Å². The van der Waals surface area contributed by atoms with E-state index in [2.05, 4.69) is 17.2 Å². The smallest absolute Gasteiger partial charge is 0.331 e. The number of hydrogen-bond donors (Lipinski definition) is 2. The number of methoxy groups -OCH3 is 1. The molecule has 1 atom stereocenters. The number of carboxylic acid groups (broad SMARTS) is 1. The second-order valence-corrected chi connectivity index (χ2v) is 10.5. The van der Waals surface area contributed by atoms with Gasteiger partial charge < -0.3 is 9.84 Å². The highest BCUT2D eigenvalue weighted by Gasteiger charge is 2.18. The van der Waals surface area contributed by atoms with Gasteiger partial charge in [0.1, 0.15) is 5.82 Å². The van der Waals surface area contributed by atoms with E-state index >= 15 is 4.39 Å². The highest BCUT2D eigenvalue weighted by Crippen LogP contribution is 2.31. The molecule has 0 aliphatic heterocycles. The van der Waals surface area contributed by atoms with Gasteiger partial charge in [-0.15, -0.1) is 11.3 Å². The second-order valence-electron chi connectivity index (χ2n) is 8.80. The summed E-state index contributed by atoms with van der Waals surface area (Å²) in [6.07, 6.45) is 5.80. The number of ether oxygens (including phenoxy) is 1. The minimum absolute atomic E-state index is 0.0487. The molecular weight excluding hydrogens is 550 g/mol. The minimum Gasteiger partial charge on any atom is -0.478 e. The summed E-state index contributed by atoms with van der Waals surface area (Å²) in [5.41, 5.74) is 1.89. The Morgan fingerprint density at radius 3 is 2.58 bits per heavy atom.